The quantitative estimate of drug-likeness (QED) is 0.730. The molecule has 0 spiro atoms. The Labute approximate surface area is 154 Å². The number of hydrogen-bond acceptors (Lipinski definition) is 4. The fourth-order valence-corrected chi connectivity index (χ4v) is 2.57. The number of rotatable bonds is 8. The van der Waals surface area contributed by atoms with Gasteiger partial charge >= 0.3 is 5.97 Å². The molecule has 0 bridgehead atoms. The summed E-state index contributed by atoms with van der Waals surface area (Å²) in [4.78, 5) is 24.4. The molecule has 1 atom stereocenters. The van der Waals surface area contributed by atoms with Gasteiger partial charge < -0.3 is 14.8 Å². The van der Waals surface area contributed by atoms with Crippen LogP contribution in [0.4, 0.5) is 5.69 Å². The third-order valence-corrected chi connectivity index (χ3v) is 4.01. The number of hydrogen-bond donors (Lipinski definition) is 1. The summed E-state index contributed by atoms with van der Waals surface area (Å²) < 4.78 is 10.8. The lowest BCUT2D eigenvalue weighted by molar-refractivity contribution is -0.154. The first-order valence-electron chi connectivity index (χ1n) is 8.81. The van der Waals surface area contributed by atoms with Crippen molar-refractivity contribution in [3.8, 4) is 5.75 Å². The number of carbonyl (C=O) groups excluding carboxylic acids is 2. The molecule has 1 N–H and O–H groups in total. The first-order valence-corrected chi connectivity index (χ1v) is 8.81. The van der Waals surface area contributed by atoms with E-state index in [-0.39, 0.29) is 12.5 Å². The van der Waals surface area contributed by atoms with Gasteiger partial charge in [0.2, 0.25) is 0 Å². The van der Waals surface area contributed by atoms with Crippen molar-refractivity contribution < 1.29 is 19.1 Å². The molecule has 138 valence electrons. The highest BCUT2D eigenvalue weighted by Gasteiger charge is 2.21. The van der Waals surface area contributed by atoms with Crippen LogP contribution < -0.4 is 10.1 Å². The van der Waals surface area contributed by atoms with E-state index in [0.29, 0.717) is 12.2 Å². The van der Waals surface area contributed by atoms with Crippen LogP contribution in [-0.4, -0.2) is 24.6 Å². The molecule has 0 heterocycles. The van der Waals surface area contributed by atoms with Gasteiger partial charge in [-0.15, -0.1) is 0 Å². The van der Waals surface area contributed by atoms with Crippen molar-refractivity contribution in [3.63, 3.8) is 0 Å². The average molecular weight is 355 g/mol. The van der Waals surface area contributed by atoms with Crippen molar-refractivity contribution in [3.05, 3.63) is 59.7 Å². The Bertz CT molecular complexity index is 743. The van der Waals surface area contributed by atoms with E-state index in [1.165, 1.54) is 0 Å². The summed E-state index contributed by atoms with van der Waals surface area (Å²) in [6.07, 6.45) is 0.516. The molecule has 0 fully saturated rings. The predicted molar refractivity (Wildman–Crippen MR) is 101 cm³/mol. The maximum atomic E-state index is 12.2. The lowest BCUT2D eigenvalue weighted by Crippen LogP contribution is -2.31. The number of benzene rings is 2. The largest absolute Gasteiger partial charge is 0.479 e. The number of carbonyl (C=O) groups is 2. The minimum atomic E-state index is -0.741. The molecular formula is C21H25NO4. The first kappa shape index (κ1) is 19.5. The van der Waals surface area contributed by atoms with Crippen molar-refractivity contribution >= 4 is 17.6 Å². The van der Waals surface area contributed by atoms with Crippen LogP contribution in [0, 0.1) is 6.92 Å². The zero-order valence-corrected chi connectivity index (χ0v) is 15.5. The molecule has 0 saturated carbocycles. The van der Waals surface area contributed by atoms with E-state index in [2.05, 4.69) is 5.32 Å². The molecule has 26 heavy (non-hydrogen) atoms. The second kappa shape index (κ2) is 9.61. The Morgan fingerprint density at radius 1 is 1.04 bits per heavy atom. The van der Waals surface area contributed by atoms with Crippen LogP contribution in [0.2, 0.25) is 0 Å². The molecule has 2 aromatic carbocycles. The van der Waals surface area contributed by atoms with Crippen molar-refractivity contribution in [2.24, 2.45) is 0 Å². The van der Waals surface area contributed by atoms with Gasteiger partial charge in [-0.3, -0.25) is 4.79 Å². The molecule has 2 rings (SSSR count). The monoisotopic (exact) mass is 355 g/mol. The molecule has 5 heteroatoms. The van der Waals surface area contributed by atoms with Gasteiger partial charge in [-0.2, -0.15) is 0 Å². The second-order valence-electron chi connectivity index (χ2n) is 5.95. The van der Waals surface area contributed by atoms with Crippen LogP contribution in [0.25, 0.3) is 0 Å². The molecule has 0 unspecified atom stereocenters. The first-order chi connectivity index (χ1) is 12.5. The van der Waals surface area contributed by atoms with E-state index in [4.69, 9.17) is 9.47 Å². The van der Waals surface area contributed by atoms with E-state index in [0.717, 1.165) is 23.2 Å². The second-order valence-corrected chi connectivity index (χ2v) is 5.95. The summed E-state index contributed by atoms with van der Waals surface area (Å²) in [5.74, 6) is -0.322. The Morgan fingerprint density at radius 2 is 1.77 bits per heavy atom. The number of esters is 1. The highest BCUT2D eigenvalue weighted by Crippen LogP contribution is 2.21. The van der Waals surface area contributed by atoms with E-state index in [1.54, 1.807) is 12.1 Å². The molecular weight excluding hydrogens is 330 g/mol. The molecule has 0 aliphatic heterocycles. The zero-order chi connectivity index (χ0) is 18.9. The van der Waals surface area contributed by atoms with E-state index < -0.39 is 12.1 Å². The topological polar surface area (TPSA) is 64.6 Å². The maximum Gasteiger partial charge on any atom is 0.347 e. The Balaban J connectivity index is 1.91. The fraction of sp³-hybridized carbons (Fsp3) is 0.333. The van der Waals surface area contributed by atoms with Crippen LogP contribution >= 0.6 is 0 Å². The molecule has 0 aliphatic carbocycles. The SMILES string of the molecule is CCc1cccc(C)c1NC(=O)COC(=O)[C@@H](CC)Oc1ccccc1. The summed E-state index contributed by atoms with van der Waals surface area (Å²) in [5, 5.41) is 2.83. The van der Waals surface area contributed by atoms with Gasteiger partial charge in [0.05, 0.1) is 0 Å². The standard InChI is InChI=1S/C21H25NO4/c1-4-16-11-9-10-15(3)20(16)22-19(23)14-25-21(24)18(5-2)26-17-12-7-6-8-13-17/h6-13,18H,4-5,14H2,1-3H3,(H,22,23)/t18-/m1/s1. The Kier molecular flexibility index (Phi) is 7.21. The Hall–Kier alpha value is -2.82. The van der Waals surface area contributed by atoms with Crippen molar-refractivity contribution in [2.45, 2.75) is 39.7 Å². The minimum absolute atomic E-state index is 0.342. The summed E-state index contributed by atoms with van der Waals surface area (Å²) in [5.41, 5.74) is 2.80. The molecule has 0 aromatic heterocycles. The maximum absolute atomic E-state index is 12.2. The van der Waals surface area contributed by atoms with E-state index >= 15 is 0 Å². The van der Waals surface area contributed by atoms with Crippen molar-refractivity contribution in [1.29, 1.82) is 0 Å². The van der Waals surface area contributed by atoms with Crippen LogP contribution in [0.5, 0.6) is 5.75 Å². The summed E-state index contributed by atoms with van der Waals surface area (Å²) >= 11 is 0. The number of ether oxygens (including phenoxy) is 2. The fourth-order valence-electron chi connectivity index (χ4n) is 2.57. The van der Waals surface area contributed by atoms with Gasteiger partial charge in [0.15, 0.2) is 12.7 Å². The predicted octanol–water partition coefficient (Wildman–Crippen LogP) is 3.90. The summed E-state index contributed by atoms with van der Waals surface area (Å²) in [6.45, 7) is 5.44. The molecule has 0 aliphatic rings. The third-order valence-electron chi connectivity index (χ3n) is 4.01. The Morgan fingerprint density at radius 3 is 2.42 bits per heavy atom. The highest BCUT2D eigenvalue weighted by atomic mass is 16.6. The number of para-hydroxylation sites is 2. The van der Waals surface area contributed by atoms with Crippen LogP contribution in [-0.2, 0) is 20.7 Å². The van der Waals surface area contributed by atoms with Crippen LogP contribution in [0.15, 0.2) is 48.5 Å². The lowest BCUT2D eigenvalue weighted by atomic mass is 10.1. The zero-order valence-electron chi connectivity index (χ0n) is 15.5. The van der Waals surface area contributed by atoms with Gasteiger partial charge in [0.1, 0.15) is 5.75 Å². The highest BCUT2D eigenvalue weighted by molar-refractivity contribution is 5.94. The smallest absolute Gasteiger partial charge is 0.347 e. The summed E-state index contributed by atoms with van der Waals surface area (Å²) in [7, 11) is 0. The van der Waals surface area contributed by atoms with Crippen molar-refractivity contribution in [2.75, 3.05) is 11.9 Å². The normalized spacial score (nSPS) is 11.5. The summed E-state index contributed by atoms with van der Waals surface area (Å²) in [6, 6.07) is 14.9. The van der Waals surface area contributed by atoms with Gasteiger partial charge in [0, 0.05) is 5.69 Å². The van der Waals surface area contributed by atoms with Crippen LogP contribution in [0.1, 0.15) is 31.4 Å². The molecule has 0 radical (unpaired) electrons. The number of anilines is 1. The van der Waals surface area contributed by atoms with Gasteiger partial charge in [0.25, 0.3) is 5.91 Å². The number of nitrogens with one attached hydrogen (secondary N) is 1. The van der Waals surface area contributed by atoms with E-state index in [1.807, 2.05) is 57.2 Å². The van der Waals surface area contributed by atoms with Crippen molar-refractivity contribution in [1.82, 2.24) is 0 Å². The van der Waals surface area contributed by atoms with Gasteiger partial charge in [-0.25, -0.2) is 4.79 Å². The van der Waals surface area contributed by atoms with Gasteiger partial charge in [-0.1, -0.05) is 50.2 Å². The number of aryl methyl sites for hydroxylation is 2. The molecule has 2 aromatic rings. The molecule has 0 saturated heterocycles. The van der Waals surface area contributed by atoms with E-state index in [9.17, 15) is 9.59 Å². The lowest BCUT2D eigenvalue weighted by Gasteiger charge is -2.17. The van der Waals surface area contributed by atoms with Gasteiger partial charge in [-0.05, 0) is 43.0 Å². The molecule has 1 amide bonds. The number of amides is 1. The van der Waals surface area contributed by atoms with Crippen LogP contribution in [0.3, 0.4) is 0 Å². The third kappa shape index (κ3) is 5.34. The minimum Gasteiger partial charge on any atom is -0.479 e. The molecule has 5 nitrogen and oxygen atoms in total. The average Bonchev–Trinajstić information content (AvgIpc) is 2.66.